The van der Waals surface area contributed by atoms with E-state index < -0.39 is 14.3 Å². The molecule has 0 saturated heterocycles. The number of rotatable bonds is 7. The monoisotopic (exact) mass is 906 g/mol. The van der Waals surface area contributed by atoms with Crippen molar-refractivity contribution in [1.29, 1.82) is 0 Å². The van der Waals surface area contributed by atoms with Crippen LogP contribution in [0.15, 0.2) is 182 Å². The third kappa shape index (κ3) is 5.52. The molecule has 0 aliphatic carbocycles. The van der Waals surface area contributed by atoms with Gasteiger partial charge in [0, 0.05) is 50.1 Å². The second-order valence-corrected chi connectivity index (χ2v) is 19.9. The molecule has 0 saturated carbocycles. The number of benzene rings is 8. The third-order valence-electron chi connectivity index (χ3n) is 9.38. The lowest BCUT2D eigenvalue weighted by molar-refractivity contribution is 0.591. The first kappa shape index (κ1) is 33.3. The molecule has 242 valence electrons. The molecule has 8 rings (SSSR count). The Balaban J connectivity index is 1.62. The van der Waals surface area contributed by atoms with Crippen molar-refractivity contribution in [2.45, 2.75) is 0 Å². The molecular formula is C44H30I2O2P2. The summed E-state index contributed by atoms with van der Waals surface area (Å²) in [7, 11) is -7.00. The van der Waals surface area contributed by atoms with Gasteiger partial charge < -0.3 is 9.13 Å². The Morgan fingerprint density at radius 1 is 0.300 bits per heavy atom. The number of halogens is 2. The summed E-state index contributed by atoms with van der Waals surface area (Å²) >= 11 is 4.78. The Labute approximate surface area is 319 Å². The highest BCUT2D eigenvalue weighted by molar-refractivity contribution is 14.1. The minimum atomic E-state index is -3.50. The van der Waals surface area contributed by atoms with Gasteiger partial charge in [0.1, 0.15) is 0 Å². The molecule has 0 aliphatic rings. The maximum atomic E-state index is 16.4. The van der Waals surface area contributed by atoms with Crippen LogP contribution in [0.2, 0.25) is 0 Å². The topological polar surface area (TPSA) is 34.1 Å². The first-order valence-corrected chi connectivity index (χ1v) is 21.9. The van der Waals surface area contributed by atoms with E-state index in [1.807, 2.05) is 121 Å². The van der Waals surface area contributed by atoms with Gasteiger partial charge in [-0.2, -0.15) is 0 Å². The fourth-order valence-corrected chi connectivity index (χ4v) is 14.2. The highest BCUT2D eigenvalue weighted by Gasteiger charge is 2.38. The zero-order valence-corrected chi connectivity index (χ0v) is 32.9. The highest BCUT2D eigenvalue weighted by atomic mass is 127. The number of fused-ring (bicyclic) bond motifs is 2. The molecule has 0 aromatic heterocycles. The summed E-state index contributed by atoms with van der Waals surface area (Å²) in [5, 5.41) is 8.53. The number of hydrogen-bond acceptors (Lipinski definition) is 2. The molecule has 0 radical (unpaired) electrons. The molecular weight excluding hydrogens is 876 g/mol. The van der Waals surface area contributed by atoms with E-state index in [-0.39, 0.29) is 0 Å². The SMILES string of the molecule is O=P(c1ccccc1)(c1ccccc1)c1ccc2c(I)cccc2c1-c1c(P(=O)(c2ccccc2)c2ccccc2)ccc2c(I)cccc12. The van der Waals surface area contributed by atoms with Crippen LogP contribution in [-0.4, -0.2) is 0 Å². The molecule has 50 heavy (non-hydrogen) atoms. The maximum absolute atomic E-state index is 16.4. The molecule has 2 nitrogen and oxygen atoms in total. The second kappa shape index (κ2) is 13.7. The summed E-state index contributed by atoms with van der Waals surface area (Å²) in [5.74, 6) is 0. The molecule has 6 heteroatoms. The van der Waals surface area contributed by atoms with E-state index in [0.717, 1.165) is 71.6 Å². The summed E-state index contributed by atoms with van der Waals surface area (Å²) in [4.78, 5) is 0. The molecule has 0 amide bonds. The summed E-state index contributed by atoms with van der Waals surface area (Å²) < 4.78 is 34.9. The van der Waals surface area contributed by atoms with Gasteiger partial charge in [-0.3, -0.25) is 0 Å². The average molecular weight is 906 g/mol. The van der Waals surface area contributed by atoms with E-state index in [1.165, 1.54) is 0 Å². The van der Waals surface area contributed by atoms with Crippen molar-refractivity contribution in [2.24, 2.45) is 0 Å². The summed E-state index contributed by atoms with van der Waals surface area (Å²) in [5.41, 5.74) is 1.71. The van der Waals surface area contributed by atoms with Crippen LogP contribution < -0.4 is 31.8 Å². The van der Waals surface area contributed by atoms with Gasteiger partial charge >= 0.3 is 0 Å². The van der Waals surface area contributed by atoms with E-state index in [4.69, 9.17) is 0 Å². The molecule has 0 unspecified atom stereocenters. The molecule has 0 N–H and O–H groups in total. The van der Waals surface area contributed by atoms with Gasteiger partial charge in [0.15, 0.2) is 14.3 Å². The summed E-state index contributed by atoms with van der Waals surface area (Å²) in [6, 6.07) is 60.2. The largest absolute Gasteiger partial charge is 0.309 e. The zero-order chi connectivity index (χ0) is 34.3. The number of hydrogen-bond donors (Lipinski definition) is 0. The summed E-state index contributed by atoms with van der Waals surface area (Å²) in [6.45, 7) is 0. The lowest BCUT2D eigenvalue weighted by atomic mass is 9.93. The van der Waals surface area contributed by atoms with Gasteiger partial charge in [0.25, 0.3) is 0 Å². The molecule has 0 atom stereocenters. The predicted molar refractivity (Wildman–Crippen MR) is 231 cm³/mol. The van der Waals surface area contributed by atoms with E-state index >= 15 is 9.13 Å². The van der Waals surface area contributed by atoms with Crippen molar-refractivity contribution in [3.63, 3.8) is 0 Å². The second-order valence-electron chi connectivity index (χ2n) is 12.2. The predicted octanol–water partition coefficient (Wildman–Crippen LogP) is 10.1. The van der Waals surface area contributed by atoms with Gasteiger partial charge in [0.05, 0.1) is 0 Å². The van der Waals surface area contributed by atoms with Crippen molar-refractivity contribution in [1.82, 2.24) is 0 Å². The Kier molecular flexibility index (Phi) is 9.16. The third-order valence-corrected chi connectivity index (χ3v) is 17.5. The Morgan fingerprint density at radius 3 is 0.900 bits per heavy atom. The first-order chi connectivity index (χ1) is 24.4. The van der Waals surface area contributed by atoms with Crippen LogP contribution in [0.25, 0.3) is 32.7 Å². The van der Waals surface area contributed by atoms with Crippen LogP contribution in [-0.2, 0) is 9.13 Å². The Hall–Kier alpha value is -3.80. The minimum absolute atomic E-state index is 0.727. The lowest BCUT2D eigenvalue weighted by Crippen LogP contribution is -2.30. The van der Waals surface area contributed by atoms with Crippen LogP contribution in [0, 0.1) is 7.14 Å². The van der Waals surface area contributed by atoms with Gasteiger partial charge in [-0.25, -0.2) is 0 Å². The van der Waals surface area contributed by atoms with E-state index in [9.17, 15) is 0 Å². The van der Waals surface area contributed by atoms with E-state index in [0.29, 0.717) is 0 Å². The Bertz CT molecular complexity index is 2340. The Morgan fingerprint density at radius 2 is 0.600 bits per heavy atom. The van der Waals surface area contributed by atoms with Gasteiger partial charge in [-0.15, -0.1) is 0 Å². The van der Waals surface area contributed by atoms with Crippen molar-refractivity contribution in [2.75, 3.05) is 0 Å². The van der Waals surface area contributed by atoms with Crippen LogP contribution >= 0.6 is 59.5 Å². The highest BCUT2D eigenvalue weighted by Crippen LogP contribution is 2.52. The normalized spacial score (nSPS) is 12.0. The summed E-state index contributed by atoms with van der Waals surface area (Å²) in [6.07, 6.45) is 0. The quantitative estimate of drug-likeness (QED) is 0.118. The fraction of sp³-hybridized carbons (Fsp3) is 0. The molecule has 0 fully saturated rings. The van der Waals surface area contributed by atoms with Gasteiger partial charge in [-0.05, 0) is 91.0 Å². The van der Waals surface area contributed by atoms with Crippen molar-refractivity contribution >= 4 is 113 Å². The van der Waals surface area contributed by atoms with Crippen molar-refractivity contribution < 1.29 is 9.13 Å². The molecule has 0 aliphatic heterocycles. The average Bonchev–Trinajstić information content (AvgIpc) is 3.18. The van der Waals surface area contributed by atoms with Crippen LogP contribution in [0.5, 0.6) is 0 Å². The molecule has 0 spiro atoms. The van der Waals surface area contributed by atoms with Gasteiger partial charge in [-0.1, -0.05) is 158 Å². The van der Waals surface area contributed by atoms with Crippen molar-refractivity contribution in [3.05, 3.63) is 189 Å². The molecule has 8 aromatic rings. The van der Waals surface area contributed by atoms with Crippen LogP contribution in [0.1, 0.15) is 0 Å². The fourth-order valence-electron chi connectivity index (χ4n) is 7.07. The van der Waals surface area contributed by atoms with E-state index in [2.05, 4.69) is 106 Å². The molecule has 0 heterocycles. The maximum Gasteiger partial charge on any atom is 0.171 e. The van der Waals surface area contributed by atoms with Crippen LogP contribution in [0.3, 0.4) is 0 Å². The van der Waals surface area contributed by atoms with Crippen LogP contribution in [0.4, 0.5) is 0 Å². The lowest BCUT2D eigenvalue weighted by Gasteiger charge is -2.28. The minimum Gasteiger partial charge on any atom is -0.309 e. The first-order valence-electron chi connectivity index (χ1n) is 16.3. The van der Waals surface area contributed by atoms with Crippen molar-refractivity contribution in [3.8, 4) is 11.1 Å². The smallest absolute Gasteiger partial charge is 0.171 e. The standard InChI is InChI=1S/C44H30I2O2P2/c45-39-25-13-23-37-35(39)27-29-41(49(47,31-15-5-1-6-16-31)32-17-7-2-8-18-32)43(37)44-38-24-14-26-40(46)36(38)28-30-42(44)50(48,33-19-9-3-10-20-33)34-21-11-4-12-22-34/h1-30H. The zero-order valence-electron chi connectivity index (χ0n) is 26.8. The van der Waals surface area contributed by atoms with Gasteiger partial charge in [0.2, 0.25) is 0 Å². The molecule has 0 bridgehead atoms. The molecule has 8 aromatic carbocycles. The van der Waals surface area contributed by atoms with E-state index in [1.54, 1.807) is 0 Å².